The molecule has 0 bridgehead atoms. The second-order valence-electron chi connectivity index (χ2n) is 5.52. The van der Waals surface area contributed by atoms with Gasteiger partial charge in [-0.2, -0.15) is 0 Å². The van der Waals surface area contributed by atoms with Gasteiger partial charge in [0, 0.05) is 31.7 Å². The van der Waals surface area contributed by atoms with Gasteiger partial charge < -0.3 is 15.3 Å². The van der Waals surface area contributed by atoms with Crippen LogP contribution in [0, 0.1) is 0 Å². The fraction of sp³-hybridized carbons (Fsp3) is 0.857. The van der Waals surface area contributed by atoms with Gasteiger partial charge in [0.15, 0.2) is 0 Å². The van der Waals surface area contributed by atoms with Crippen molar-refractivity contribution in [2.75, 3.05) is 26.2 Å². The minimum absolute atomic E-state index is 0.0000558. The Balaban J connectivity index is 2.31. The molecule has 0 heterocycles. The molecule has 0 saturated heterocycles. The lowest BCUT2D eigenvalue weighted by molar-refractivity contribution is -0.137. The highest BCUT2D eigenvalue weighted by atomic mass is 16.4. The summed E-state index contributed by atoms with van der Waals surface area (Å²) in [6.45, 7) is 8.64. The Bertz CT molecular complexity index is 330. The maximum Gasteiger partial charge on any atom is 0.317 e. The van der Waals surface area contributed by atoms with E-state index in [-0.39, 0.29) is 25.0 Å². The molecule has 0 aromatic rings. The van der Waals surface area contributed by atoms with E-state index in [0.29, 0.717) is 12.6 Å². The van der Waals surface area contributed by atoms with E-state index in [1.54, 1.807) is 4.90 Å². The van der Waals surface area contributed by atoms with Crippen LogP contribution in [0.2, 0.25) is 0 Å². The minimum Gasteiger partial charge on any atom is -0.481 e. The van der Waals surface area contributed by atoms with Gasteiger partial charge in [0.05, 0.1) is 6.42 Å². The Hall–Kier alpha value is -1.30. The third-order valence-corrected chi connectivity index (χ3v) is 3.60. The summed E-state index contributed by atoms with van der Waals surface area (Å²) in [6.07, 6.45) is 2.51. The zero-order valence-corrected chi connectivity index (χ0v) is 12.8. The zero-order chi connectivity index (χ0) is 15.1. The Labute approximate surface area is 121 Å². The smallest absolute Gasteiger partial charge is 0.317 e. The van der Waals surface area contributed by atoms with Gasteiger partial charge in [-0.25, -0.2) is 4.79 Å². The summed E-state index contributed by atoms with van der Waals surface area (Å²) < 4.78 is 0. The van der Waals surface area contributed by atoms with E-state index in [9.17, 15) is 9.59 Å². The summed E-state index contributed by atoms with van der Waals surface area (Å²) in [5.41, 5.74) is 0. The Morgan fingerprint density at radius 3 is 2.40 bits per heavy atom. The number of urea groups is 1. The molecule has 2 amide bonds. The predicted molar refractivity (Wildman–Crippen MR) is 77.8 cm³/mol. The van der Waals surface area contributed by atoms with Gasteiger partial charge in [0.1, 0.15) is 0 Å². The number of aliphatic carboxylic acids is 1. The average Bonchev–Trinajstić information content (AvgIpc) is 3.18. The Morgan fingerprint density at radius 1 is 1.30 bits per heavy atom. The minimum atomic E-state index is -0.880. The van der Waals surface area contributed by atoms with Crippen molar-refractivity contribution < 1.29 is 14.7 Å². The number of rotatable bonds is 9. The summed E-state index contributed by atoms with van der Waals surface area (Å²) in [5, 5.41) is 11.6. The van der Waals surface area contributed by atoms with Crippen LogP contribution in [0.5, 0.6) is 0 Å². The van der Waals surface area contributed by atoms with Crippen molar-refractivity contribution in [2.24, 2.45) is 0 Å². The summed E-state index contributed by atoms with van der Waals surface area (Å²) in [7, 11) is 0. The maximum absolute atomic E-state index is 12.1. The van der Waals surface area contributed by atoms with Crippen molar-refractivity contribution in [2.45, 2.75) is 52.1 Å². The molecular weight excluding hydrogens is 258 g/mol. The number of carboxylic acid groups (broad SMARTS) is 1. The molecule has 1 aliphatic rings. The van der Waals surface area contributed by atoms with Gasteiger partial charge in [-0.1, -0.05) is 6.92 Å². The molecule has 0 aromatic carbocycles. The molecule has 1 fully saturated rings. The Kier molecular flexibility index (Phi) is 6.78. The van der Waals surface area contributed by atoms with Crippen LogP contribution >= 0.6 is 0 Å². The van der Waals surface area contributed by atoms with Crippen LogP contribution in [0.3, 0.4) is 0 Å². The second kappa shape index (κ2) is 8.09. The van der Waals surface area contributed by atoms with E-state index in [2.05, 4.69) is 17.1 Å². The lowest BCUT2D eigenvalue weighted by atomic mass is 10.3. The molecule has 116 valence electrons. The standard InChI is InChI=1S/C14H27N3O3/c1-4-16(12-5-6-12)10-8-15-14(20)17(11(2)3)9-7-13(18)19/h11-12H,4-10H2,1-3H3,(H,15,20)(H,18,19). The summed E-state index contributed by atoms with van der Waals surface area (Å²) in [6, 6.07) is 0.526. The van der Waals surface area contributed by atoms with Gasteiger partial charge in [0.2, 0.25) is 0 Å². The number of carbonyl (C=O) groups excluding carboxylic acids is 1. The van der Waals surface area contributed by atoms with Crippen LogP contribution in [0.25, 0.3) is 0 Å². The first-order chi connectivity index (χ1) is 9.45. The van der Waals surface area contributed by atoms with E-state index >= 15 is 0 Å². The van der Waals surface area contributed by atoms with Gasteiger partial charge in [-0.3, -0.25) is 9.69 Å². The summed E-state index contributed by atoms with van der Waals surface area (Å²) in [5.74, 6) is -0.880. The fourth-order valence-electron chi connectivity index (χ4n) is 2.26. The first kappa shape index (κ1) is 16.8. The largest absolute Gasteiger partial charge is 0.481 e. The molecule has 1 aliphatic carbocycles. The van der Waals surface area contributed by atoms with Crippen LogP contribution in [0.15, 0.2) is 0 Å². The lowest BCUT2D eigenvalue weighted by Gasteiger charge is -2.27. The summed E-state index contributed by atoms with van der Waals surface area (Å²) in [4.78, 5) is 26.6. The zero-order valence-electron chi connectivity index (χ0n) is 12.8. The van der Waals surface area contributed by atoms with Crippen LogP contribution in [0.4, 0.5) is 4.79 Å². The van der Waals surface area contributed by atoms with Crippen LogP contribution in [-0.2, 0) is 4.79 Å². The van der Waals surface area contributed by atoms with Crippen molar-refractivity contribution in [3.05, 3.63) is 0 Å². The van der Waals surface area contributed by atoms with Crippen molar-refractivity contribution in [1.29, 1.82) is 0 Å². The SMILES string of the molecule is CCN(CCNC(=O)N(CCC(=O)O)C(C)C)C1CC1. The predicted octanol–water partition coefficient (Wildman–Crippen LogP) is 1.37. The molecule has 0 aromatic heterocycles. The second-order valence-corrected chi connectivity index (χ2v) is 5.52. The third-order valence-electron chi connectivity index (χ3n) is 3.60. The van der Waals surface area contributed by atoms with E-state index in [0.717, 1.165) is 13.1 Å². The Morgan fingerprint density at radius 2 is 1.95 bits per heavy atom. The van der Waals surface area contributed by atoms with Gasteiger partial charge in [-0.15, -0.1) is 0 Å². The normalized spacial score (nSPS) is 14.7. The molecule has 20 heavy (non-hydrogen) atoms. The monoisotopic (exact) mass is 285 g/mol. The van der Waals surface area contributed by atoms with Crippen molar-refractivity contribution in [3.63, 3.8) is 0 Å². The molecule has 0 atom stereocenters. The lowest BCUT2D eigenvalue weighted by Crippen LogP contribution is -2.47. The number of hydrogen-bond acceptors (Lipinski definition) is 3. The first-order valence-corrected chi connectivity index (χ1v) is 7.46. The van der Waals surface area contributed by atoms with E-state index in [1.165, 1.54) is 12.8 Å². The number of nitrogens with zero attached hydrogens (tertiary/aromatic N) is 2. The number of hydrogen-bond donors (Lipinski definition) is 2. The van der Waals surface area contributed by atoms with Crippen LogP contribution in [-0.4, -0.2) is 65.2 Å². The van der Waals surface area contributed by atoms with Crippen molar-refractivity contribution in [1.82, 2.24) is 15.1 Å². The van der Waals surface area contributed by atoms with Crippen molar-refractivity contribution >= 4 is 12.0 Å². The summed E-state index contributed by atoms with van der Waals surface area (Å²) >= 11 is 0. The molecule has 1 saturated carbocycles. The van der Waals surface area contributed by atoms with Gasteiger partial charge >= 0.3 is 12.0 Å². The highest BCUT2D eigenvalue weighted by Gasteiger charge is 2.27. The topological polar surface area (TPSA) is 72.9 Å². The van der Waals surface area contributed by atoms with E-state index in [1.807, 2.05) is 13.8 Å². The highest BCUT2D eigenvalue weighted by molar-refractivity contribution is 5.75. The molecule has 1 rings (SSSR count). The fourth-order valence-corrected chi connectivity index (χ4v) is 2.26. The molecule has 0 unspecified atom stereocenters. The third kappa shape index (κ3) is 5.77. The van der Waals surface area contributed by atoms with Crippen LogP contribution < -0.4 is 5.32 Å². The van der Waals surface area contributed by atoms with Crippen LogP contribution in [0.1, 0.15) is 40.0 Å². The number of likely N-dealkylation sites (N-methyl/N-ethyl adjacent to an activating group) is 1. The molecular formula is C14H27N3O3. The first-order valence-electron chi connectivity index (χ1n) is 7.46. The van der Waals surface area contributed by atoms with Crippen molar-refractivity contribution in [3.8, 4) is 0 Å². The number of carbonyl (C=O) groups is 2. The number of carboxylic acids is 1. The van der Waals surface area contributed by atoms with Gasteiger partial charge in [0.25, 0.3) is 0 Å². The van der Waals surface area contributed by atoms with E-state index < -0.39 is 5.97 Å². The molecule has 6 heteroatoms. The molecule has 0 aliphatic heterocycles. The molecule has 0 spiro atoms. The average molecular weight is 285 g/mol. The number of nitrogens with one attached hydrogen (secondary N) is 1. The molecule has 0 radical (unpaired) electrons. The quantitative estimate of drug-likeness (QED) is 0.671. The highest BCUT2D eigenvalue weighted by Crippen LogP contribution is 2.25. The molecule has 2 N–H and O–H groups in total. The molecule has 6 nitrogen and oxygen atoms in total. The van der Waals surface area contributed by atoms with E-state index in [4.69, 9.17) is 5.11 Å². The van der Waals surface area contributed by atoms with Gasteiger partial charge in [-0.05, 0) is 33.2 Å². The maximum atomic E-state index is 12.1. The number of amides is 2.